The summed E-state index contributed by atoms with van der Waals surface area (Å²) in [6, 6.07) is 0. The Labute approximate surface area is 57.2 Å². The summed E-state index contributed by atoms with van der Waals surface area (Å²) in [5.41, 5.74) is -0.635. The van der Waals surface area contributed by atoms with Gasteiger partial charge in [-0.05, 0) is 24.1 Å². The van der Waals surface area contributed by atoms with E-state index in [1.165, 1.54) is 0 Å². The molecule has 0 aromatic rings. The molecule has 0 atom stereocenters. The molecule has 0 spiro atoms. The average molecular weight is 175 g/mol. The summed E-state index contributed by atoms with van der Waals surface area (Å²) in [7, 11) is 0. The van der Waals surface area contributed by atoms with Gasteiger partial charge in [-0.3, -0.25) is 0 Å². The predicted molar refractivity (Wildman–Crippen MR) is 35.5 cm³/mol. The lowest BCUT2D eigenvalue weighted by molar-refractivity contribution is 0.0241. The van der Waals surface area contributed by atoms with Crippen LogP contribution < -0.4 is 0 Å². The van der Waals surface area contributed by atoms with Crippen molar-refractivity contribution in [3.8, 4) is 10.8 Å². The Balaban J connectivity index is 2.49. The fourth-order valence-corrected chi connectivity index (χ4v) is 1.09. The van der Waals surface area contributed by atoms with Crippen LogP contribution in [0.3, 0.4) is 0 Å². The topological polar surface area (TPSA) is 20.2 Å². The van der Waals surface area contributed by atoms with Gasteiger partial charge in [0.25, 0.3) is 0 Å². The second kappa shape index (κ2) is 2.08. The van der Waals surface area contributed by atoms with Gasteiger partial charge in [0.2, 0.25) is 0 Å². The number of hydrogen-bond donors (Lipinski definition) is 1. The molecule has 0 aromatic carbocycles. The van der Waals surface area contributed by atoms with Crippen LogP contribution in [0, 0.1) is 10.8 Å². The van der Waals surface area contributed by atoms with Gasteiger partial charge in [-0.2, -0.15) is 0 Å². The maximum Gasteiger partial charge on any atom is 0.126 e. The molecule has 0 saturated heterocycles. The van der Waals surface area contributed by atoms with E-state index in [1.54, 1.807) is 0 Å². The molecule has 0 heterocycles. The number of rotatable bonds is 0. The van der Waals surface area contributed by atoms with E-state index in [0.29, 0.717) is 0 Å². The lowest BCUT2D eigenvalue weighted by Gasteiger charge is -2.30. The molecule has 0 amide bonds. The van der Waals surface area contributed by atoms with Crippen LogP contribution in [0.5, 0.6) is 0 Å². The van der Waals surface area contributed by atoms with Crippen LogP contribution in [0.2, 0.25) is 0 Å². The third kappa shape index (κ3) is 1.04. The summed E-state index contributed by atoms with van der Waals surface area (Å²) in [6.45, 7) is 0. The summed E-state index contributed by atoms with van der Waals surface area (Å²) in [4.78, 5) is 2.52. The molecule has 44 valence electrons. The summed E-state index contributed by atoms with van der Waals surface area (Å²) < 4.78 is 0. The van der Waals surface area contributed by atoms with E-state index in [1.807, 2.05) is 0 Å². The fourth-order valence-electron chi connectivity index (χ4n) is 0.725. The van der Waals surface area contributed by atoms with Crippen LogP contribution in [0.25, 0.3) is 0 Å². The van der Waals surface area contributed by atoms with Crippen molar-refractivity contribution in [3.05, 3.63) is 0 Å². The minimum absolute atomic E-state index is 0.635. The largest absolute Gasteiger partial charge is 0.378 e. The quantitative estimate of drug-likeness (QED) is 0.549. The number of halogens is 1. The zero-order valence-electron chi connectivity index (χ0n) is 4.45. The van der Waals surface area contributed by atoms with Gasteiger partial charge in [-0.25, -0.2) is 0 Å². The Bertz CT molecular complexity index is 138. The molecule has 0 radical (unpaired) electrons. The van der Waals surface area contributed by atoms with Gasteiger partial charge in [0.05, 0.1) is 0 Å². The van der Waals surface area contributed by atoms with E-state index in [4.69, 9.17) is 0 Å². The summed E-state index contributed by atoms with van der Waals surface area (Å²) in [6.07, 6.45) is 2.79. The van der Waals surface area contributed by atoms with Crippen molar-refractivity contribution in [2.75, 3.05) is 0 Å². The first kappa shape index (κ1) is 6.12. The second-order valence-corrected chi connectivity index (χ2v) is 2.50. The molecule has 1 rings (SSSR count). The van der Waals surface area contributed by atoms with E-state index in [2.05, 4.69) is 26.7 Å². The van der Waals surface area contributed by atoms with Crippen LogP contribution in [-0.2, 0) is 0 Å². The van der Waals surface area contributed by atoms with E-state index in [-0.39, 0.29) is 0 Å². The zero-order chi connectivity index (χ0) is 6.04. The molecule has 0 bridgehead atoms. The average Bonchev–Trinajstić information content (AvgIpc) is 1.64. The van der Waals surface area contributed by atoms with Crippen LogP contribution in [-0.4, -0.2) is 10.7 Å². The summed E-state index contributed by atoms with van der Waals surface area (Å²) >= 11 is 2.94. The Morgan fingerprint density at radius 1 is 1.50 bits per heavy atom. The minimum atomic E-state index is -0.635. The molecule has 2 heteroatoms. The molecule has 1 nitrogen and oxygen atoms in total. The molecule has 0 aromatic heterocycles. The summed E-state index contributed by atoms with van der Waals surface area (Å²) in [5.74, 6) is 2.68. The first-order valence-electron chi connectivity index (χ1n) is 2.62. The van der Waals surface area contributed by atoms with Gasteiger partial charge in [-0.15, -0.1) is 0 Å². The van der Waals surface area contributed by atoms with E-state index < -0.39 is 5.60 Å². The van der Waals surface area contributed by atoms with Crippen molar-refractivity contribution in [2.45, 2.75) is 24.9 Å². The highest BCUT2D eigenvalue weighted by molar-refractivity contribution is 9.12. The molecule has 1 fully saturated rings. The Morgan fingerprint density at radius 2 is 2.12 bits per heavy atom. The zero-order valence-corrected chi connectivity index (χ0v) is 6.03. The fraction of sp³-hybridized carbons (Fsp3) is 0.667. The second-order valence-electron chi connectivity index (χ2n) is 2.10. The minimum Gasteiger partial charge on any atom is -0.378 e. The molecule has 8 heavy (non-hydrogen) atoms. The van der Waals surface area contributed by atoms with Crippen molar-refractivity contribution in [3.63, 3.8) is 0 Å². The smallest absolute Gasteiger partial charge is 0.126 e. The van der Waals surface area contributed by atoms with Crippen molar-refractivity contribution in [1.82, 2.24) is 0 Å². The van der Waals surface area contributed by atoms with Gasteiger partial charge in [0.1, 0.15) is 5.60 Å². The third-order valence-corrected chi connectivity index (χ3v) is 1.66. The van der Waals surface area contributed by atoms with Crippen LogP contribution in [0.1, 0.15) is 19.3 Å². The Hall–Kier alpha value is 0. The van der Waals surface area contributed by atoms with Crippen molar-refractivity contribution in [2.24, 2.45) is 0 Å². The number of hydrogen-bond acceptors (Lipinski definition) is 1. The van der Waals surface area contributed by atoms with Gasteiger partial charge >= 0.3 is 0 Å². The van der Waals surface area contributed by atoms with Crippen LogP contribution in [0.4, 0.5) is 0 Å². The first-order valence-corrected chi connectivity index (χ1v) is 3.41. The van der Waals surface area contributed by atoms with Crippen molar-refractivity contribution in [1.29, 1.82) is 0 Å². The Kier molecular flexibility index (Phi) is 1.59. The molecule has 0 unspecified atom stereocenters. The summed E-state index contributed by atoms with van der Waals surface area (Å²) in [5, 5.41) is 9.21. The van der Waals surface area contributed by atoms with Gasteiger partial charge in [0.15, 0.2) is 0 Å². The predicted octanol–water partition coefficient (Wildman–Crippen LogP) is 1.26. The SMILES string of the molecule is OC1(C#CBr)CCC1. The van der Waals surface area contributed by atoms with E-state index in [9.17, 15) is 5.11 Å². The Morgan fingerprint density at radius 3 is 2.25 bits per heavy atom. The molecular formula is C6H7BrO. The maximum atomic E-state index is 9.21. The lowest BCUT2D eigenvalue weighted by atomic mass is 9.81. The molecule has 1 aliphatic carbocycles. The van der Waals surface area contributed by atoms with Gasteiger partial charge in [-0.1, -0.05) is 5.92 Å². The van der Waals surface area contributed by atoms with E-state index >= 15 is 0 Å². The van der Waals surface area contributed by atoms with Crippen molar-refractivity contribution >= 4 is 15.9 Å². The molecular weight excluding hydrogens is 168 g/mol. The van der Waals surface area contributed by atoms with Gasteiger partial charge < -0.3 is 5.11 Å². The lowest BCUT2D eigenvalue weighted by Crippen LogP contribution is -2.34. The van der Waals surface area contributed by atoms with Crippen molar-refractivity contribution < 1.29 is 5.11 Å². The monoisotopic (exact) mass is 174 g/mol. The molecule has 1 N–H and O–H groups in total. The number of aliphatic hydroxyl groups is 1. The maximum absolute atomic E-state index is 9.21. The molecule has 1 aliphatic rings. The van der Waals surface area contributed by atoms with Crippen LogP contribution >= 0.6 is 15.9 Å². The van der Waals surface area contributed by atoms with Gasteiger partial charge in [0, 0.05) is 15.9 Å². The molecule has 0 aliphatic heterocycles. The first-order chi connectivity index (χ1) is 3.77. The third-order valence-electron chi connectivity index (χ3n) is 1.46. The standard InChI is InChI=1S/C6H7BrO/c7-5-4-6(8)2-1-3-6/h8H,1-3H2. The molecule has 1 saturated carbocycles. The normalized spacial score (nSPS) is 22.8. The van der Waals surface area contributed by atoms with Crippen LogP contribution in [0.15, 0.2) is 0 Å². The van der Waals surface area contributed by atoms with E-state index in [0.717, 1.165) is 19.3 Å². The highest BCUT2D eigenvalue weighted by Crippen LogP contribution is 2.30. The highest BCUT2D eigenvalue weighted by Gasteiger charge is 2.31. The highest BCUT2D eigenvalue weighted by atomic mass is 79.9.